The van der Waals surface area contributed by atoms with Gasteiger partial charge in [-0.05, 0) is 57.7 Å². The smallest absolute Gasteiger partial charge is 0.335 e. The van der Waals surface area contributed by atoms with E-state index in [1.54, 1.807) is 18.2 Å². The second-order valence-corrected chi connectivity index (χ2v) is 7.45. The third kappa shape index (κ3) is 4.09. The van der Waals surface area contributed by atoms with Gasteiger partial charge in [0.05, 0.1) is 0 Å². The Balaban J connectivity index is 2.08. The minimum absolute atomic E-state index is 0.209. The summed E-state index contributed by atoms with van der Waals surface area (Å²) < 4.78 is 5.61. The standard InChI is InChI=1S/C23H23ClO3/c1-4-21(25)27-23-18-11-9-16(24)13-19(18)22(26)17-10-8-15(12-20(17)23)7-5-6-14(2)3/h4,6,8-9,11,13,26H,1,5,7,10,12H2,2-3H3. The maximum atomic E-state index is 11.9. The summed E-state index contributed by atoms with van der Waals surface area (Å²) in [5.41, 5.74) is 4.24. The summed E-state index contributed by atoms with van der Waals surface area (Å²) in [5.74, 6) is 0.187. The molecule has 2 aromatic carbocycles. The van der Waals surface area contributed by atoms with Gasteiger partial charge in [0.25, 0.3) is 0 Å². The Bertz CT molecular complexity index is 979. The van der Waals surface area contributed by atoms with Crippen molar-refractivity contribution in [3.05, 3.63) is 70.3 Å². The molecule has 2 aromatic rings. The van der Waals surface area contributed by atoms with Crippen LogP contribution < -0.4 is 4.74 Å². The molecular weight excluding hydrogens is 360 g/mol. The molecule has 140 valence electrons. The van der Waals surface area contributed by atoms with E-state index in [0.717, 1.165) is 30.0 Å². The van der Waals surface area contributed by atoms with Gasteiger partial charge in [0.2, 0.25) is 0 Å². The molecule has 0 fully saturated rings. The Morgan fingerprint density at radius 2 is 2.07 bits per heavy atom. The van der Waals surface area contributed by atoms with E-state index in [4.69, 9.17) is 16.3 Å². The lowest BCUT2D eigenvalue weighted by atomic mass is 9.85. The van der Waals surface area contributed by atoms with Crippen LogP contribution in [0.1, 0.15) is 37.8 Å². The highest BCUT2D eigenvalue weighted by atomic mass is 35.5. The van der Waals surface area contributed by atoms with Gasteiger partial charge in [-0.2, -0.15) is 0 Å². The molecular formula is C23H23ClO3. The molecule has 0 heterocycles. The number of carbonyl (C=O) groups is 1. The first-order valence-electron chi connectivity index (χ1n) is 9.02. The minimum atomic E-state index is -0.514. The molecule has 27 heavy (non-hydrogen) atoms. The van der Waals surface area contributed by atoms with E-state index in [0.29, 0.717) is 34.4 Å². The fourth-order valence-corrected chi connectivity index (χ4v) is 3.64. The van der Waals surface area contributed by atoms with Crippen LogP contribution >= 0.6 is 11.6 Å². The van der Waals surface area contributed by atoms with E-state index in [9.17, 15) is 9.90 Å². The molecule has 0 aromatic heterocycles. The van der Waals surface area contributed by atoms with Crippen molar-refractivity contribution in [2.75, 3.05) is 0 Å². The van der Waals surface area contributed by atoms with E-state index in [1.165, 1.54) is 11.1 Å². The number of rotatable bonds is 5. The quantitative estimate of drug-likeness (QED) is 0.296. The summed E-state index contributed by atoms with van der Waals surface area (Å²) in [6.45, 7) is 7.67. The average molecular weight is 383 g/mol. The molecule has 0 spiro atoms. The number of allylic oxidation sites excluding steroid dienone is 4. The van der Waals surface area contributed by atoms with Crippen molar-refractivity contribution in [2.45, 2.75) is 39.5 Å². The van der Waals surface area contributed by atoms with Crippen LogP contribution in [0.2, 0.25) is 5.02 Å². The van der Waals surface area contributed by atoms with Crippen molar-refractivity contribution >= 4 is 28.3 Å². The van der Waals surface area contributed by atoms with Crippen LogP contribution in [0.15, 0.2) is 54.2 Å². The summed E-state index contributed by atoms with van der Waals surface area (Å²) in [4.78, 5) is 11.9. The van der Waals surface area contributed by atoms with E-state index in [1.807, 2.05) is 0 Å². The van der Waals surface area contributed by atoms with Gasteiger partial charge >= 0.3 is 5.97 Å². The summed E-state index contributed by atoms with van der Waals surface area (Å²) >= 11 is 6.11. The van der Waals surface area contributed by atoms with Gasteiger partial charge < -0.3 is 9.84 Å². The second kappa shape index (κ2) is 8.01. The topological polar surface area (TPSA) is 46.5 Å². The van der Waals surface area contributed by atoms with Gasteiger partial charge in [0.15, 0.2) is 0 Å². The van der Waals surface area contributed by atoms with Gasteiger partial charge in [-0.25, -0.2) is 4.79 Å². The molecule has 0 atom stereocenters. The zero-order chi connectivity index (χ0) is 19.6. The predicted octanol–water partition coefficient (Wildman–Crippen LogP) is 6.06. The fourth-order valence-electron chi connectivity index (χ4n) is 3.46. The summed E-state index contributed by atoms with van der Waals surface area (Å²) in [6, 6.07) is 5.21. The van der Waals surface area contributed by atoms with Crippen LogP contribution in [-0.4, -0.2) is 11.1 Å². The molecule has 0 bridgehead atoms. The summed E-state index contributed by atoms with van der Waals surface area (Å²) in [6.07, 6.45) is 8.70. The maximum Gasteiger partial charge on any atom is 0.335 e. The van der Waals surface area contributed by atoms with Crippen molar-refractivity contribution in [3.8, 4) is 11.5 Å². The molecule has 3 rings (SSSR count). The van der Waals surface area contributed by atoms with Crippen molar-refractivity contribution in [1.82, 2.24) is 0 Å². The Kier molecular flexibility index (Phi) is 5.71. The van der Waals surface area contributed by atoms with Crippen LogP contribution in [0.25, 0.3) is 10.8 Å². The number of esters is 1. The van der Waals surface area contributed by atoms with Crippen LogP contribution in [0.4, 0.5) is 0 Å². The first kappa shape index (κ1) is 19.2. The van der Waals surface area contributed by atoms with E-state index in [-0.39, 0.29) is 5.75 Å². The molecule has 1 aliphatic carbocycles. The number of hydrogen-bond donors (Lipinski definition) is 1. The Hall–Kier alpha value is -2.52. The summed E-state index contributed by atoms with van der Waals surface area (Å²) in [5, 5.41) is 12.6. The normalized spacial score (nSPS) is 12.9. The molecule has 4 heteroatoms. The van der Waals surface area contributed by atoms with Gasteiger partial charge in [0.1, 0.15) is 11.5 Å². The zero-order valence-electron chi connectivity index (χ0n) is 15.6. The highest BCUT2D eigenvalue weighted by Crippen LogP contribution is 2.44. The van der Waals surface area contributed by atoms with Crippen molar-refractivity contribution in [1.29, 1.82) is 0 Å². The molecule has 0 aliphatic heterocycles. The monoisotopic (exact) mass is 382 g/mol. The third-order valence-electron chi connectivity index (χ3n) is 4.79. The SMILES string of the molecule is C=CC(=O)Oc1c2c(c(O)c3cc(Cl)ccc13)CC=C(CCC=C(C)C)C2. The van der Waals surface area contributed by atoms with Crippen LogP contribution in [0, 0.1) is 0 Å². The number of benzene rings is 2. The Morgan fingerprint density at radius 1 is 1.30 bits per heavy atom. The first-order valence-corrected chi connectivity index (χ1v) is 9.40. The fraction of sp³-hybridized carbons (Fsp3) is 0.261. The van der Waals surface area contributed by atoms with Crippen LogP contribution in [0.3, 0.4) is 0 Å². The molecule has 0 unspecified atom stereocenters. The number of halogens is 1. The van der Waals surface area contributed by atoms with E-state index < -0.39 is 5.97 Å². The lowest BCUT2D eigenvalue weighted by Crippen LogP contribution is -2.11. The Morgan fingerprint density at radius 3 is 2.78 bits per heavy atom. The van der Waals surface area contributed by atoms with Gasteiger partial charge in [-0.15, -0.1) is 0 Å². The zero-order valence-corrected chi connectivity index (χ0v) is 16.4. The van der Waals surface area contributed by atoms with Gasteiger partial charge in [-0.3, -0.25) is 0 Å². The van der Waals surface area contributed by atoms with Crippen molar-refractivity contribution in [3.63, 3.8) is 0 Å². The van der Waals surface area contributed by atoms with Crippen LogP contribution in [0.5, 0.6) is 11.5 Å². The number of fused-ring (bicyclic) bond motifs is 2. The highest BCUT2D eigenvalue weighted by molar-refractivity contribution is 6.31. The largest absolute Gasteiger partial charge is 0.507 e. The number of phenolic OH excluding ortho intramolecular Hbond substituents is 1. The van der Waals surface area contributed by atoms with E-state index >= 15 is 0 Å². The molecule has 1 N–H and O–H groups in total. The van der Waals surface area contributed by atoms with Crippen molar-refractivity contribution in [2.24, 2.45) is 0 Å². The number of carbonyl (C=O) groups excluding carboxylic acids is 1. The maximum absolute atomic E-state index is 11.9. The van der Waals surface area contributed by atoms with E-state index in [2.05, 4.69) is 32.6 Å². The Labute approximate surface area is 164 Å². The minimum Gasteiger partial charge on any atom is -0.507 e. The van der Waals surface area contributed by atoms with Gasteiger partial charge in [-0.1, -0.05) is 41.5 Å². The number of aromatic hydroxyl groups is 1. The molecule has 0 saturated heterocycles. The average Bonchev–Trinajstić information content (AvgIpc) is 2.64. The number of ether oxygens (including phenoxy) is 1. The van der Waals surface area contributed by atoms with Gasteiger partial charge in [0, 0.05) is 33.0 Å². The third-order valence-corrected chi connectivity index (χ3v) is 5.03. The van der Waals surface area contributed by atoms with Crippen molar-refractivity contribution < 1.29 is 14.6 Å². The molecule has 0 saturated carbocycles. The predicted molar refractivity (Wildman–Crippen MR) is 111 cm³/mol. The highest BCUT2D eigenvalue weighted by Gasteiger charge is 2.24. The number of hydrogen-bond acceptors (Lipinski definition) is 3. The summed E-state index contributed by atoms with van der Waals surface area (Å²) in [7, 11) is 0. The lowest BCUT2D eigenvalue weighted by molar-refractivity contribution is -0.128. The molecule has 1 aliphatic rings. The molecule has 3 nitrogen and oxygen atoms in total. The molecule has 0 amide bonds. The first-order chi connectivity index (χ1) is 12.9. The van der Waals surface area contributed by atoms with Crippen LogP contribution in [-0.2, 0) is 17.6 Å². The second-order valence-electron chi connectivity index (χ2n) is 7.01. The lowest BCUT2D eigenvalue weighted by Gasteiger charge is -2.23. The number of phenols is 1. The molecule has 0 radical (unpaired) electrons.